The van der Waals surface area contributed by atoms with Gasteiger partial charge in [-0.05, 0) is 43.4 Å². The van der Waals surface area contributed by atoms with Crippen molar-refractivity contribution in [3.05, 3.63) is 35.6 Å². The molecule has 1 fully saturated rings. The molecule has 2 nitrogen and oxygen atoms in total. The lowest BCUT2D eigenvalue weighted by molar-refractivity contribution is 0.601. The number of benzene rings is 1. The summed E-state index contributed by atoms with van der Waals surface area (Å²) in [6.07, 6.45) is 8.25. The Bertz CT molecular complexity index is 525. The highest BCUT2D eigenvalue weighted by molar-refractivity contribution is 5.81. The summed E-state index contributed by atoms with van der Waals surface area (Å²) in [5.41, 5.74) is 3.75. The van der Waals surface area contributed by atoms with Crippen LogP contribution in [0.15, 0.2) is 28.9 Å². The van der Waals surface area contributed by atoms with E-state index in [4.69, 9.17) is 4.42 Å². The summed E-state index contributed by atoms with van der Waals surface area (Å²) < 4.78 is 5.62. The number of hydrogen-bond acceptors (Lipinski definition) is 2. The van der Waals surface area contributed by atoms with Crippen LogP contribution in [0, 0.1) is 0 Å². The molecule has 0 spiro atoms. The van der Waals surface area contributed by atoms with E-state index >= 15 is 0 Å². The zero-order valence-electron chi connectivity index (χ0n) is 11.0. The van der Waals surface area contributed by atoms with Crippen LogP contribution in [-0.2, 0) is 13.0 Å². The second-order valence-electron chi connectivity index (χ2n) is 5.35. The number of furan rings is 1. The minimum atomic E-state index is 0.748. The van der Waals surface area contributed by atoms with Gasteiger partial charge in [-0.15, -0.1) is 0 Å². The highest BCUT2D eigenvalue weighted by Crippen LogP contribution is 2.25. The molecule has 0 atom stereocenters. The topological polar surface area (TPSA) is 25.2 Å². The summed E-state index contributed by atoms with van der Waals surface area (Å²) in [7, 11) is 0. The summed E-state index contributed by atoms with van der Waals surface area (Å²) in [6, 6.07) is 7.36. The molecular weight excluding hydrogens is 222 g/mol. The molecule has 1 aromatic carbocycles. The molecule has 1 aliphatic rings. The van der Waals surface area contributed by atoms with E-state index in [2.05, 4.69) is 30.4 Å². The third-order valence-corrected chi connectivity index (χ3v) is 3.70. The maximum absolute atomic E-state index is 5.62. The normalized spacial score (nSPS) is 15.4. The summed E-state index contributed by atoms with van der Waals surface area (Å²) in [6.45, 7) is 3.18. The van der Waals surface area contributed by atoms with E-state index in [1.54, 1.807) is 0 Å². The van der Waals surface area contributed by atoms with Gasteiger partial charge in [0.2, 0.25) is 0 Å². The Balaban J connectivity index is 1.79. The Hall–Kier alpha value is -1.28. The lowest BCUT2D eigenvalue weighted by atomic mass is 10.0. The number of nitrogens with one attached hydrogen (secondary N) is 1. The van der Waals surface area contributed by atoms with Gasteiger partial charge in [-0.3, -0.25) is 0 Å². The average molecular weight is 243 g/mol. The average Bonchev–Trinajstić information content (AvgIpc) is 3.14. The Morgan fingerprint density at radius 1 is 1.33 bits per heavy atom. The standard InChI is InChI=1S/C16H21NO/c1-2-3-4-12-5-8-16-15(9-12)13(11-18-16)10-17-14-6-7-14/h5,8-9,11,14,17H,2-4,6-7,10H2,1H3. The first-order valence-corrected chi connectivity index (χ1v) is 7.09. The number of unbranched alkanes of at least 4 members (excludes halogenated alkanes) is 1. The van der Waals surface area contributed by atoms with Gasteiger partial charge in [0.25, 0.3) is 0 Å². The molecule has 0 aliphatic heterocycles. The molecule has 0 bridgehead atoms. The van der Waals surface area contributed by atoms with Gasteiger partial charge in [0, 0.05) is 23.5 Å². The minimum absolute atomic E-state index is 0.748. The lowest BCUT2D eigenvalue weighted by Gasteiger charge is -2.02. The first-order valence-electron chi connectivity index (χ1n) is 7.09. The predicted molar refractivity (Wildman–Crippen MR) is 74.7 cm³/mol. The van der Waals surface area contributed by atoms with Crippen LogP contribution in [0.5, 0.6) is 0 Å². The molecule has 0 saturated heterocycles. The van der Waals surface area contributed by atoms with Gasteiger partial charge in [-0.2, -0.15) is 0 Å². The molecule has 1 saturated carbocycles. The van der Waals surface area contributed by atoms with E-state index in [9.17, 15) is 0 Å². The van der Waals surface area contributed by atoms with Crippen molar-refractivity contribution in [1.82, 2.24) is 5.32 Å². The van der Waals surface area contributed by atoms with E-state index in [0.29, 0.717) is 0 Å². The fourth-order valence-electron chi connectivity index (χ4n) is 2.34. The summed E-state index contributed by atoms with van der Waals surface area (Å²) in [5.74, 6) is 0. The molecule has 0 unspecified atom stereocenters. The van der Waals surface area contributed by atoms with Crippen molar-refractivity contribution in [2.45, 2.75) is 51.6 Å². The highest BCUT2D eigenvalue weighted by Gasteiger charge is 2.20. The smallest absolute Gasteiger partial charge is 0.134 e. The van der Waals surface area contributed by atoms with Crippen molar-refractivity contribution in [3.8, 4) is 0 Å². The molecule has 2 aromatic rings. The number of fused-ring (bicyclic) bond motifs is 1. The van der Waals surface area contributed by atoms with Crippen molar-refractivity contribution in [2.24, 2.45) is 0 Å². The van der Waals surface area contributed by atoms with Crippen LogP contribution in [0.4, 0.5) is 0 Å². The first kappa shape index (κ1) is 11.8. The van der Waals surface area contributed by atoms with E-state index in [1.165, 1.54) is 48.6 Å². The molecule has 1 N–H and O–H groups in total. The Morgan fingerprint density at radius 3 is 3.00 bits per heavy atom. The molecule has 0 radical (unpaired) electrons. The van der Waals surface area contributed by atoms with Crippen molar-refractivity contribution < 1.29 is 4.42 Å². The first-order chi connectivity index (χ1) is 8.86. The zero-order chi connectivity index (χ0) is 12.4. The second-order valence-corrected chi connectivity index (χ2v) is 5.35. The van der Waals surface area contributed by atoms with E-state index < -0.39 is 0 Å². The van der Waals surface area contributed by atoms with Crippen LogP contribution >= 0.6 is 0 Å². The van der Waals surface area contributed by atoms with Crippen LogP contribution < -0.4 is 5.32 Å². The monoisotopic (exact) mass is 243 g/mol. The quantitative estimate of drug-likeness (QED) is 0.828. The van der Waals surface area contributed by atoms with E-state index in [1.807, 2.05) is 6.26 Å². The lowest BCUT2D eigenvalue weighted by Crippen LogP contribution is -2.14. The molecule has 2 heteroatoms. The van der Waals surface area contributed by atoms with Crippen LogP contribution in [0.3, 0.4) is 0 Å². The van der Waals surface area contributed by atoms with Gasteiger partial charge in [-0.25, -0.2) is 0 Å². The van der Waals surface area contributed by atoms with Gasteiger partial charge in [0.05, 0.1) is 6.26 Å². The summed E-state index contributed by atoms with van der Waals surface area (Å²) in [4.78, 5) is 0. The third-order valence-electron chi connectivity index (χ3n) is 3.70. The molecule has 1 aliphatic carbocycles. The van der Waals surface area contributed by atoms with Crippen LogP contribution in [0.25, 0.3) is 11.0 Å². The molecule has 1 aromatic heterocycles. The van der Waals surface area contributed by atoms with Crippen molar-refractivity contribution in [3.63, 3.8) is 0 Å². The fourth-order valence-corrected chi connectivity index (χ4v) is 2.34. The van der Waals surface area contributed by atoms with Crippen molar-refractivity contribution in [2.75, 3.05) is 0 Å². The zero-order valence-corrected chi connectivity index (χ0v) is 11.0. The molecular formula is C16H21NO. The van der Waals surface area contributed by atoms with E-state index in [-0.39, 0.29) is 0 Å². The SMILES string of the molecule is CCCCc1ccc2occ(CNC3CC3)c2c1. The highest BCUT2D eigenvalue weighted by atomic mass is 16.3. The van der Waals surface area contributed by atoms with Gasteiger partial charge in [0.1, 0.15) is 5.58 Å². The minimum Gasteiger partial charge on any atom is -0.464 e. The maximum Gasteiger partial charge on any atom is 0.134 e. The Labute approximate surface area is 108 Å². The molecule has 96 valence electrons. The number of rotatable bonds is 6. The van der Waals surface area contributed by atoms with Crippen molar-refractivity contribution >= 4 is 11.0 Å². The third kappa shape index (κ3) is 2.59. The van der Waals surface area contributed by atoms with Crippen LogP contribution in [0.2, 0.25) is 0 Å². The van der Waals surface area contributed by atoms with Crippen molar-refractivity contribution in [1.29, 1.82) is 0 Å². The molecule has 1 heterocycles. The fraction of sp³-hybridized carbons (Fsp3) is 0.500. The van der Waals surface area contributed by atoms with Crippen LogP contribution in [-0.4, -0.2) is 6.04 Å². The van der Waals surface area contributed by atoms with Gasteiger partial charge in [0.15, 0.2) is 0 Å². The summed E-state index contributed by atoms with van der Waals surface area (Å²) >= 11 is 0. The summed E-state index contributed by atoms with van der Waals surface area (Å²) in [5, 5.41) is 4.84. The number of hydrogen-bond donors (Lipinski definition) is 1. The van der Waals surface area contributed by atoms with Gasteiger partial charge in [-0.1, -0.05) is 19.4 Å². The second kappa shape index (κ2) is 5.15. The maximum atomic E-state index is 5.62. The van der Waals surface area contributed by atoms with E-state index in [0.717, 1.165) is 18.2 Å². The van der Waals surface area contributed by atoms with Crippen LogP contribution in [0.1, 0.15) is 43.7 Å². The predicted octanol–water partition coefficient (Wildman–Crippen LogP) is 4.03. The molecule has 0 amide bonds. The Morgan fingerprint density at radius 2 is 2.22 bits per heavy atom. The molecule has 3 rings (SSSR count). The van der Waals surface area contributed by atoms with Gasteiger partial charge < -0.3 is 9.73 Å². The van der Waals surface area contributed by atoms with Gasteiger partial charge >= 0.3 is 0 Å². The number of aryl methyl sites for hydroxylation is 1. The largest absolute Gasteiger partial charge is 0.464 e. The molecule has 18 heavy (non-hydrogen) atoms. The Kier molecular flexibility index (Phi) is 3.37.